The highest BCUT2D eigenvalue weighted by Gasteiger charge is 2.42. The summed E-state index contributed by atoms with van der Waals surface area (Å²) in [6.07, 6.45) is -0.414. The second-order valence-corrected chi connectivity index (χ2v) is 10.9. The maximum Gasteiger partial charge on any atom is 0.243 e. The molecule has 0 spiro atoms. The standard InChI is InChI=1S/C26H24N2O3S2/c1-19-24(31-18-20-11-5-2-6-12-20)25-23(27-26(32-25)21-13-7-3-8-14-21)17-28(19)33(29,30)22-15-9-4-10-16-22/h2-16,19,24H,17-18H2,1H3/t19-,24+/m0/s1. The van der Waals surface area contributed by atoms with Gasteiger partial charge in [-0.05, 0) is 24.6 Å². The van der Waals surface area contributed by atoms with E-state index in [2.05, 4.69) is 0 Å². The van der Waals surface area contributed by atoms with Crippen molar-refractivity contribution in [2.75, 3.05) is 0 Å². The average molecular weight is 477 g/mol. The lowest BCUT2D eigenvalue weighted by molar-refractivity contribution is -0.00856. The van der Waals surface area contributed by atoms with Gasteiger partial charge in [0, 0.05) is 5.56 Å². The molecule has 3 aromatic carbocycles. The van der Waals surface area contributed by atoms with Crippen molar-refractivity contribution in [1.82, 2.24) is 9.29 Å². The molecule has 0 bridgehead atoms. The van der Waals surface area contributed by atoms with Gasteiger partial charge in [0.15, 0.2) is 0 Å². The Hall–Kier alpha value is -2.84. The van der Waals surface area contributed by atoms with Gasteiger partial charge in [-0.2, -0.15) is 4.31 Å². The van der Waals surface area contributed by atoms with Gasteiger partial charge in [0.05, 0.1) is 34.7 Å². The molecule has 1 aliphatic heterocycles. The van der Waals surface area contributed by atoms with Crippen molar-refractivity contribution in [3.05, 3.63) is 107 Å². The third-order valence-electron chi connectivity index (χ3n) is 5.83. The van der Waals surface area contributed by atoms with E-state index in [1.807, 2.05) is 73.7 Å². The molecule has 0 amide bonds. The molecule has 1 aliphatic rings. The molecule has 2 atom stereocenters. The van der Waals surface area contributed by atoms with Gasteiger partial charge < -0.3 is 4.74 Å². The van der Waals surface area contributed by atoms with Gasteiger partial charge in [-0.3, -0.25) is 0 Å². The fourth-order valence-corrected chi connectivity index (χ4v) is 6.91. The van der Waals surface area contributed by atoms with Crippen LogP contribution in [-0.4, -0.2) is 23.7 Å². The Kier molecular flexibility index (Phi) is 6.12. The van der Waals surface area contributed by atoms with Crippen LogP contribution < -0.4 is 0 Å². The van der Waals surface area contributed by atoms with E-state index in [9.17, 15) is 8.42 Å². The summed E-state index contributed by atoms with van der Waals surface area (Å²) >= 11 is 1.59. The number of nitrogens with zero attached hydrogens (tertiary/aromatic N) is 2. The van der Waals surface area contributed by atoms with Gasteiger partial charge in [0.1, 0.15) is 11.1 Å². The van der Waals surface area contributed by atoms with E-state index in [-0.39, 0.29) is 17.5 Å². The molecular formula is C26H24N2O3S2. The minimum absolute atomic E-state index is 0.224. The molecule has 0 fully saturated rings. The second kappa shape index (κ2) is 9.19. The van der Waals surface area contributed by atoms with Crippen molar-refractivity contribution < 1.29 is 13.2 Å². The van der Waals surface area contributed by atoms with Crippen LogP contribution in [0.15, 0.2) is 95.9 Å². The predicted molar refractivity (Wildman–Crippen MR) is 130 cm³/mol. The van der Waals surface area contributed by atoms with Crippen LogP contribution >= 0.6 is 11.3 Å². The second-order valence-electron chi connectivity index (χ2n) is 8.02. The van der Waals surface area contributed by atoms with E-state index < -0.39 is 16.1 Å². The molecule has 0 saturated heterocycles. The molecule has 0 radical (unpaired) electrons. The maximum atomic E-state index is 13.6. The van der Waals surface area contributed by atoms with E-state index in [1.54, 1.807) is 35.6 Å². The van der Waals surface area contributed by atoms with Crippen molar-refractivity contribution in [2.45, 2.75) is 37.1 Å². The molecule has 7 heteroatoms. The van der Waals surface area contributed by atoms with Crippen LogP contribution in [0.4, 0.5) is 0 Å². The SMILES string of the molecule is C[C@H]1[C@@H](OCc2ccccc2)c2sc(-c3ccccc3)nc2CN1S(=O)(=O)c1ccccc1. The number of benzene rings is 3. The highest BCUT2D eigenvalue weighted by molar-refractivity contribution is 7.89. The van der Waals surface area contributed by atoms with E-state index in [4.69, 9.17) is 9.72 Å². The van der Waals surface area contributed by atoms with E-state index in [0.717, 1.165) is 26.7 Å². The molecule has 0 aliphatic carbocycles. The molecule has 2 heterocycles. The first kappa shape index (κ1) is 22.0. The Morgan fingerprint density at radius 2 is 1.55 bits per heavy atom. The average Bonchev–Trinajstić information content (AvgIpc) is 3.29. The van der Waals surface area contributed by atoms with Crippen molar-refractivity contribution in [3.63, 3.8) is 0 Å². The fourth-order valence-electron chi connectivity index (χ4n) is 4.07. The number of aromatic nitrogens is 1. The first-order chi connectivity index (χ1) is 16.0. The van der Waals surface area contributed by atoms with E-state index in [0.29, 0.717) is 6.61 Å². The first-order valence-corrected chi connectivity index (χ1v) is 13.1. The lowest BCUT2D eigenvalue weighted by atomic mass is 10.1. The Labute approximate surface area is 198 Å². The third kappa shape index (κ3) is 4.37. The van der Waals surface area contributed by atoms with Crippen LogP contribution in [0.1, 0.15) is 29.2 Å². The molecule has 0 N–H and O–H groups in total. The molecule has 0 unspecified atom stereocenters. The molecule has 5 rings (SSSR count). The fraction of sp³-hybridized carbons (Fsp3) is 0.192. The summed E-state index contributed by atoms with van der Waals surface area (Å²) in [6.45, 7) is 2.54. The quantitative estimate of drug-likeness (QED) is 0.360. The summed E-state index contributed by atoms with van der Waals surface area (Å²) in [5.74, 6) is 0. The smallest absolute Gasteiger partial charge is 0.243 e. The summed E-state index contributed by atoms with van der Waals surface area (Å²) in [6, 6.07) is 28.1. The van der Waals surface area contributed by atoms with Crippen LogP contribution in [0.25, 0.3) is 10.6 Å². The number of hydrogen-bond acceptors (Lipinski definition) is 5. The first-order valence-electron chi connectivity index (χ1n) is 10.8. The minimum atomic E-state index is -3.71. The molecule has 168 valence electrons. The molecule has 0 saturated carbocycles. The number of thiazole rings is 1. The van der Waals surface area contributed by atoms with Gasteiger partial charge in [0.2, 0.25) is 10.0 Å². The van der Waals surface area contributed by atoms with Crippen molar-refractivity contribution in [3.8, 4) is 10.6 Å². The lowest BCUT2D eigenvalue weighted by Crippen LogP contribution is -2.45. The topological polar surface area (TPSA) is 59.5 Å². The Bertz CT molecular complexity index is 1320. The summed E-state index contributed by atoms with van der Waals surface area (Å²) in [7, 11) is -3.71. The van der Waals surface area contributed by atoms with Crippen LogP contribution in [-0.2, 0) is 27.9 Å². The van der Waals surface area contributed by atoms with Crippen LogP contribution in [0.5, 0.6) is 0 Å². The molecule has 5 nitrogen and oxygen atoms in total. The molecule has 33 heavy (non-hydrogen) atoms. The summed E-state index contributed by atoms with van der Waals surface area (Å²) in [5, 5.41) is 0.875. The van der Waals surface area contributed by atoms with Gasteiger partial charge >= 0.3 is 0 Å². The monoisotopic (exact) mass is 476 g/mol. The van der Waals surface area contributed by atoms with E-state index in [1.165, 1.54) is 4.31 Å². The summed E-state index contributed by atoms with van der Waals surface area (Å²) in [5.41, 5.74) is 2.82. The van der Waals surface area contributed by atoms with Gasteiger partial charge in [-0.15, -0.1) is 11.3 Å². The zero-order valence-electron chi connectivity index (χ0n) is 18.2. The molecule has 1 aromatic heterocycles. The predicted octanol–water partition coefficient (Wildman–Crippen LogP) is 5.66. The third-order valence-corrected chi connectivity index (χ3v) is 8.98. The Morgan fingerprint density at radius 3 is 2.21 bits per heavy atom. The van der Waals surface area contributed by atoms with Gasteiger partial charge in [-0.25, -0.2) is 13.4 Å². The Morgan fingerprint density at radius 1 is 0.939 bits per heavy atom. The number of sulfonamides is 1. The van der Waals surface area contributed by atoms with E-state index >= 15 is 0 Å². The maximum absolute atomic E-state index is 13.6. The number of rotatable bonds is 6. The van der Waals surface area contributed by atoms with Crippen molar-refractivity contribution >= 4 is 21.4 Å². The number of hydrogen-bond donors (Lipinski definition) is 0. The van der Waals surface area contributed by atoms with Gasteiger partial charge in [0.25, 0.3) is 0 Å². The highest BCUT2D eigenvalue weighted by atomic mass is 32.2. The van der Waals surface area contributed by atoms with Crippen LogP contribution in [0.3, 0.4) is 0 Å². The summed E-state index contributed by atoms with van der Waals surface area (Å²) in [4.78, 5) is 6.13. The normalized spacial score (nSPS) is 18.7. The van der Waals surface area contributed by atoms with Crippen LogP contribution in [0.2, 0.25) is 0 Å². The van der Waals surface area contributed by atoms with Gasteiger partial charge in [-0.1, -0.05) is 78.9 Å². The molecule has 4 aromatic rings. The van der Waals surface area contributed by atoms with Crippen molar-refractivity contribution in [1.29, 1.82) is 0 Å². The Balaban J connectivity index is 1.54. The highest BCUT2D eigenvalue weighted by Crippen LogP contribution is 2.42. The number of fused-ring (bicyclic) bond motifs is 1. The minimum Gasteiger partial charge on any atom is -0.366 e. The zero-order valence-corrected chi connectivity index (χ0v) is 19.8. The van der Waals surface area contributed by atoms with Crippen molar-refractivity contribution in [2.24, 2.45) is 0 Å². The largest absolute Gasteiger partial charge is 0.366 e. The number of ether oxygens (including phenoxy) is 1. The zero-order chi connectivity index (χ0) is 22.8. The summed E-state index contributed by atoms with van der Waals surface area (Å²) < 4.78 is 35.0. The lowest BCUT2D eigenvalue weighted by Gasteiger charge is -2.37. The van der Waals surface area contributed by atoms with Crippen LogP contribution in [0, 0.1) is 0 Å². The molecular weight excluding hydrogens is 452 g/mol.